The Hall–Kier alpha value is -1.34. The summed E-state index contributed by atoms with van der Waals surface area (Å²) in [6.45, 7) is 1.10. The van der Waals surface area contributed by atoms with Crippen LogP contribution in [-0.2, 0) is 6.54 Å². The van der Waals surface area contributed by atoms with Crippen molar-refractivity contribution in [3.63, 3.8) is 0 Å². The first-order valence-electron chi connectivity index (χ1n) is 7.31. The molecular weight excluding hydrogens is 422 g/mol. The molecule has 1 N–H and O–H groups in total. The fourth-order valence-electron chi connectivity index (χ4n) is 2.12. The SMILES string of the molecule is O=NN(CCCl)C(=O)NCCCCn1[se]c2ccc(Cl)cc2c1=O. The van der Waals surface area contributed by atoms with Gasteiger partial charge in [0.05, 0.1) is 0 Å². The maximum atomic E-state index is 12.3. The number of nitrogens with zero attached hydrogens (tertiary/aromatic N) is 3. The summed E-state index contributed by atoms with van der Waals surface area (Å²) in [4.78, 5) is 34.3. The van der Waals surface area contributed by atoms with Crippen molar-refractivity contribution in [2.24, 2.45) is 5.29 Å². The molecule has 1 aromatic heterocycles. The van der Waals surface area contributed by atoms with Gasteiger partial charge in [-0.05, 0) is 0 Å². The molecule has 130 valence electrons. The molecule has 2 amide bonds. The third kappa shape index (κ3) is 4.83. The number of benzene rings is 1. The summed E-state index contributed by atoms with van der Waals surface area (Å²) in [5, 5.41) is 7.20. The number of halogens is 2. The number of nitroso groups, excluding NO2 is 1. The van der Waals surface area contributed by atoms with Crippen LogP contribution in [0.4, 0.5) is 4.79 Å². The van der Waals surface area contributed by atoms with Crippen LogP contribution in [0.25, 0.3) is 9.65 Å². The average Bonchev–Trinajstić information content (AvgIpc) is 2.88. The first-order chi connectivity index (χ1) is 11.6. The van der Waals surface area contributed by atoms with Gasteiger partial charge in [0.1, 0.15) is 0 Å². The van der Waals surface area contributed by atoms with Crippen LogP contribution >= 0.6 is 23.2 Å². The van der Waals surface area contributed by atoms with E-state index in [1.165, 1.54) is 0 Å². The van der Waals surface area contributed by atoms with Crippen molar-refractivity contribution in [3.8, 4) is 0 Å². The van der Waals surface area contributed by atoms with E-state index < -0.39 is 6.03 Å². The molecule has 10 heteroatoms. The first kappa shape index (κ1) is 19.0. The Morgan fingerprint density at radius 2 is 2.17 bits per heavy atom. The average molecular weight is 438 g/mol. The van der Waals surface area contributed by atoms with Gasteiger partial charge in [0.25, 0.3) is 0 Å². The zero-order valence-corrected chi connectivity index (χ0v) is 15.9. The molecule has 0 aliphatic carbocycles. The van der Waals surface area contributed by atoms with E-state index in [0.717, 1.165) is 15.7 Å². The molecule has 0 saturated carbocycles. The van der Waals surface area contributed by atoms with Gasteiger partial charge in [-0.1, -0.05) is 0 Å². The summed E-state index contributed by atoms with van der Waals surface area (Å²) >= 11 is 11.4. The van der Waals surface area contributed by atoms with Gasteiger partial charge in [0, 0.05) is 0 Å². The summed E-state index contributed by atoms with van der Waals surface area (Å²) in [6.07, 6.45) is 1.44. The van der Waals surface area contributed by atoms with Crippen molar-refractivity contribution in [3.05, 3.63) is 38.5 Å². The molecular formula is C14H16Cl2N4O3Se. The number of aryl methyl sites for hydroxylation is 1. The number of amides is 2. The Balaban J connectivity index is 1.81. The van der Waals surface area contributed by atoms with E-state index in [0.29, 0.717) is 29.9 Å². The molecule has 1 aromatic carbocycles. The van der Waals surface area contributed by atoms with Gasteiger partial charge in [-0.15, -0.1) is 0 Å². The monoisotopic (exact) mass is 438 g/mol. The number of nitrogens with one attached hydrogen (secondary N) is 1. The van der Waals surface area contributed by atoms with Crippen LogP contribution < -0.4 is 10.9 Å². The van der Waals surface area contributed by atoms with Crippen LogP contribution in [0.5, 0.6) is 0 Å². The van der Waals surface area contributed by atoms with Gasteiger partial charge in [-0.25, -0.2) is 0 Å². The van der Waals surface area contributed by atoms with Crippen LogP contribution in [0.1, 0.15) is 12.8 Å². The molecule has 0 unspecified atom stereocenters. The van der Waals surface area contributed by atoms with Crippen molar-refractivity contribution >= 4 is 53.6 Å². The van der Waals surface area contributed by atoms with Gasteiger partial charge in [0.15, 0.2) is 0 Å². The predicted octanol–water partition coefficient (Wildman–Crippen LogP) is 2.42. The van der Waals surface area contributed by atoms with E-state index in [2.05, 4.69) is 10.6 Å². The summed E-state index contributed by atoms with van der Waals surface area (Å²) in [5.41, 5.74) is 0.00924. The minimum atomic E-state index is -0.561. The summed E-state index contributed by atoms with van der Waals surface area (Å²) in [6, 6.07) is 4.84. The maximum absolute atomic E-state index is 12.3. The number of rotatable bonds is 8. The quantitative estimate of drug-likeness (QED) is 0.226. The predicted molar refractivity (Wildman–Crippen MR) is 96.0 cm³/mol. The Bertz CT molecular complexity index is 777. The summed E-state index contributed by atoms with van der Waals surface area (Å²) in [7, 11) is 0. The van der Waals surface area contributed by atoms with E-state index in [4.69, 9.17) is 23.2 Å². The molecule has 0 saturated heterocycles. The molecule has 2 aromatic rings. The normalized spacial score (nSPS) is 10.8. The number of hydrogen-bond acceptors (Lipinski definition) is 4. The van der Waals surface area contributed by atoms with Crippen molar-refractivity contribution in [1.82, 2.24) is 13.9 Å². The number of carbonyl (C=O) groups is 1. The molecule has 0 fully saturated rings. The summed E-state index contributed by atoms with van der Waals surface area (Å²) in [5.74, 6) is 0.142. The van der Waals surface area contributed by atoms with Crippen molar-refractivity contribution in [1.29, 1.82) is 0 Å². The molecule has 0 aliphatic rings. The molecule has 0 aliphatic heterocycles. The second-order valence-corrected chi connectivity index (χ2v) is 8.02. The van der Waals surface area contributed by atoms with Gasteiger partial charge < -0.3 is 0 Å². The number of carbonyl (C=O) groups excluding carboxylic acids is 1. The van der Waals surface area contributed by atoms with Crippen LogP contribution in [0, 0.1) is 4.91 Å². The Kier molecular flexibility index (Phi) is 7.30. The van der Waals surface area contributed by atoms with Crippen LogP contribution in [-0.4, -0.2) is 48.3 Å². The molecule has 24 heavy (non-hydrogen) atoms. The van der Waals surface area contributed by atoms with Crippen molar-refractivity contribution < 1.29 is 4.79 Å². The number of aromatic nitrogens is 1. The van der Waals surface area contributed by atoms with Crippen LogP contribution in [0.3, 0.4) is 0 Å². The Labute approximate surface area is 154 Å². The van der Waals surface area contributed by atoms with Crippen LogP contribution in [0.2, 0.25) is 5.02 Å². The van der Waals surface area contributed by atoms with E-state index in [1.807, 2.05) is 9.63 Å². The van der Waals surface area contributed by atoms with Gasteiger partial charge in [-0.3, -0.25) is 0 Å². The van der Waals surface area contributed by atoms with E-state index in [1.54, 1.807) is 12.1 Å². The summed E-state index contributed by atoms with van der Waals surface area (Å²) < 4.78 is 2.86. The molecule has 0 atom stereocenters. The zero-order valence-electron chi connectivity index (χ0n) is 12.7. The molecule has 7 nitrogen and oxygen atoms in total. The third-order valence-electron chi connectivity index (χ3n) is 3.30. The number of unbranched alkanes of at least 4 members (excludes halogenated alkanes) is 1. The molecule has 0 spiro atoms. The molecule has 2 rings (SSSR count). The van der Waals surface area contributed by atoms with Gasteiger partial charge >= 0.3 is 154 Å². The molecule has 0 radical (unpaired) electrons. The number of hydrogen-bond donors (Lipinski definition) is 1. The topological polar surface area (TPSA) is 83.8 Å². The Morgan fingerprint density at radius 1 is 1.38 bits per heavy atom. The zero-order chi connectivity index (χ0) is 17.5. The van der Waals surface area contributed by atoms with E-state index in [9.17, 15) is 14.5 Å². The van der Waals surface area contributed by atoms with Gasteiger partial charge in [0.2, 0.25) is 0 Å². The second-order valence-electron chi connectivity index (χ2n) is 4.97. The van der Waals surface area contributed by atoms with Crippen molar-refractivity contribution in [2.75, 3.05) is 19.0 Å². The fourth-order valence-corrected chi connectivity index (χ4v) is 4.57. The standard InChI is InChI=1S/C14H16Cl2N4O3Se/c15-5-8-19(18-23)14(22)17-6-1-2-7-20-13(21)11-9-10(16)3-4-12(11)24-20/h3-4,9H,1-2,5-8H2,(H,17,22). The molecule has 1 heterocycles. The molecule has 0 bridgehead atoms. The van der Waals surface area contributed by atoms with E-state index in [-0.39, 0.29) is 32.7 Å². The third-order valence-corrected chi connectivity index (χ3v) is 6.06. The number of urea groups is 1. The fraction of sp³-hybridized carbons (Fsp3) is 0.429. The number of alkyl halides is 1. The van der Waals surface area contributed by atoms with E-state index >= 15 is 0 Å². The number of fused-ring (bicyclic) bond motifs is 1. The second kappa shape index (κ2) is 9.22. The van der Waals surface area contributed by atoms with Crippen molar-refractivity contribution in [2.45, 2.75) is 19.4 Å². The minimum absolute atomic E-state index is 0.00924. The van der Waals surface area contributed by atoms with Gasteiger partial charge in [-0.2, -0.15) is 0 Å². The first-order valence-corrected chi connectivity index (χ1v) is 9.84. The Morgan fingerprint density at radius 3 is 2.88 bits per heavy atom. The van der Waals surface area contributed by atoms with Crippen LogP contribution in [0.15, 0.2) is 28.3 Å².